The van der Waals surface area contributed by atoms with Crippen molar-refractivity contribution in [3.05, 3.63) is 28.5 Å². The third-order valence-corrected chi connectivity index (χ3v) is 6.24. The summed E-state index contributed by atoms with van der Waals surface area (Å²) in [6, 6.07) is 4.13. The summed E-state index contributed by atoms with van der Waals surface area (Å²) in [7, 11) is -1.62. The fourth-order valence-electron chi connectivity index (χ4n) is 2.36. The summed E-state index contributed by atoms with van der Waals surface area (Å²) < 4.78 is 40.3. The molecular formula is C13H18BrFN2O2S. The molecule has 0 saturated carbocycles. The zero-order valence-corrected chi connectivity index (χ0v) is 13.9. The Labute approximate surface area is 127 Å². The van der Waals surface area contributed by atoms with Crippen molar-refractivity contribution in [2.45, 2.75) is 24.3 Å². The first-order valence-corrected chi connectivity index (χ1v) is 8.75. The van der Waals surface area contributed by atoms with Gasteiger partial charge in [0.15, 0.2) is 0 Å². The van der Waals surface area contributed by atoms with E-state index in [2.05, 4.69) is 20.8 Å². The van der Waals surface area contributed by atoms with Crippen molar-refractivity contribution in [2.75, 3.05) is 26.7 Å². The van der Waals surface area contributed by atoms with E-state index < -0.39 is 15.8 Å². The van der Waals surface area contributed by atoms with Gasteiger partial charge in [0.2, 0.25) is 10.0 Å². The van der Waals surface area contributed by atoms with Crippen LogP contribution in [0.3, 0.4) is 0 Å². The van der Waals surface area contributed by atoms with Gasteiger partial charge in [-0.2, -0.15) is 4.31 Å². The van der Waals surface area contributed by atoms with Crippen LogP contribution in [0.25, 0.3) is 0 Å². The average molecular weight is 365 g/mol. The number of hydrogen-bond donors (Lipinski definition) is 0. The van der Waals surface area contributed by atoms with Gasteiger partial charge in [0.25, 0.3) is 0 Å². The van der Waals surface area contributed by atoms with Gasteiger partial charge >= 0.3 is 0 Å². The van der Waals surface area contributed by atoms with Crippen molar-refractivity contribution >= 4 is 26.0 Å². The van der Waals surface area contributed by atoms with E-state index in [4.69, 9.17) is 0 Å². The van der Waals surface area contributed by atoms with E-state index in [1.807, 2.05) is 14.0 Å². The van der Waals surface area contributed by atoms with Gasteiger partial charge < -0.3 is 4.90 Å². The predicted molar refractivity (Wildman–Crippen MR) is 79.6 cm³/mol. The highest BCUT2D eigenvalue weighted by Gasteiger charge is 2.32. The summed E-state index contributed by atoms with van der Waals surface area (Å²) in [5, 5.41) is 0. The Morgan fingerprint density at radius 2 is 2.10 bits per heavy atom. The summed E-state index contributed by atoms with van der Waals surface area (Å²) in [4.78, 5) is 2.17. The molecule has 2 rings (SSSR count). The lowest BCUT2D eigenvalue weighted by molar-refractivity contribution is 0.144. The van der Waals surface area contributed by atoms with Crippen LogP contribution >= 0.6 is 15.9 Å². The number of likely N-dealkylation sites (N-methyl/N-ethyl adjacent to an activating group) is 1. The lowest BCUT2D eigenvalue weighted by Gasteiger charge is -2.38. The van der Waals surface area contributed by atoms with E-state index in [9.17, 15) is 12.8 Å². The van der Waals surface area contributed by atoms with Crippen LogP contribution < -0.4 is 0 Å². The van der Waals surface area contributed by atoms with Crippen molar-refractivity contribution in [2.24, 2.45) is 0 Å². The minimum absolute atomic E-state index is 0.0117. The van der Waals surface area contributed by atoms with E-state index in [0.717, 1.165) is 12.5 Å². The predicted octanol–water partition coefficient (Wildman–Crippen LogP) is 2.30. The summed E-state index contributed by atoms with van der Waals surface area (Å²) >= 11 is 3.03. The zero-order valence-electron chi connectivity index (χ0n) is 11.5. The highest BCUT2D eigenvalue weighted by atomic mass is 79.9. The molecule has 1 saturated heterocycles. The van der Waals surface area contributed by atoms with Gasteiger partial charge in [0.1, 0.15) is 5.82 Å². The van der Waals surface area contributed by atoms with Crippen LogP contribution in [0, 0.1) is 5.82 Å². The minimum atomic E-state index is -3.62. The van der Waals surface area contributed by atoms with Gasteiger partial charge in [-0.3, -0.25) is 0 Å². The summed E-state index contributed by atoms with van der Waals surface area (Å²) in [6.07, 6.45) is 0.886. The molecule has 4 nitrogen and oxygen atoms in total. The zero-order chi connectivity index (χ0) is 14.9. The molecular weight excluding hydrogens is 347 g/mol. The first kappa shape index (κ1) is 15.9. The minimum Gasteiger partial charge on any atom is -0.301 e. The molecule has 1 aromatic carbocycles. The first-order valence-electron chi connectivity index (χ1n) is 6.51. The molecule has 0 aliphatic carbocycles. The van der Waals surface area contributed by atoms with Crippen molar-refractivity contribution in [3.63, 3.8) is 0 Å². The monoisotopic (exact) mass is 364 g/mol. The molecule has 1 unspecified atom stereocenters. The Kier molecular flexibility index (Phi) is 4.84. The summed E-state index contributed by atoms with van der Waals surface area (Å²) in [6.45, 7) is 3.62. The van der Waals surface area contributed by atoms with Gasteiger partial charge in [-0.05, 0) is 47.6 Å². The third kappa shape index (κ3) is 3.05. The Bertz CT molecular complexity index is 594. The molecule has 0 aromatic heterocycles. The van der Waals surface area contributed by atoms with Crippen LogP contribution in [0.1, 0.15) is 13.3 Å². The molecule has 1 atom stereocenters. The number of sulfonamides is 1. The number of hydrogen-bond acceptors (Lipinski definition) is 3. The van der Waals surface area contributed by atoms with E-state index >= 15 is 0 Å². The molecule has 112 valence electrons. The van der Waals surface area contributed by atoms with Gasteiger partial charge in [0, 0.05) is 25.7 Å². The Balaban J connectivity index is 2.28. The highest BCUT2D eigenvalue weighted by Crippen LogP contribution is 2.24. The van der Waals surface area contributed by atoms with Crippen molar-refractivity contribution in [1.29, 1.82) is 0 Å². The summed E-state index contributed by atoms with van der Waals surface area (Å²) in [5.41, 5.74) is 0. The Morgan fingerprint density at radius 3 is 2.70 bits per heavy atom. The van der Waals surface area contributed by atoms with Crippen molar-refractivity contribution in [1.82, 2.24) is 9.21 Å². The molecule has 0 spiro atoms. The molecule has 0 amide bonds. The molecule has 1 aromatic rings. The third-order valence-electron chi connectivity index (χ3n) is 3.74. The summed E-state index contributed by atoms with van der Waals surface area (Å²) in [5.74, 6) is -0.563. The first-order chi connectivity index (χ1) is 9.36. The lowest BCUT2D eigenvalue weighted by Crippen LogP contribution is -2.52. The molecule has 1 fully saturated rings. The normalized spacial score (nSPS) is 22.1. The molecule has 0 radical (unpaired) electrons. The largest absolute Gasteiger partial charge is 0.301 e. The van der Waals surface area contributed by atoms with Gasteiger partial charge in [-0.25, -0.2) is 12.8 Å². The molecule has 0 bridgehead atoms. The van der Waals surface area contributed by atoms with Gasteiger partial charge in [-0.1, -0.05) is 6.92 Å². The number of halogens is 2. The topological polar surface area (TPSA) is 40.6 Å². The van der Waals surface area contributed by atoms with E-state index in [0.29, 0.717) is 19.6 Å². The number of rotatable bonds is 3. The second-order valence-corrected chi connectivity index (χ2v) is 7.77. The Hall–Kier alpha value is -0.500. The van der Waals surface area contributed by atoms with E-state index in [1.165, 1.54) is 16.4 Å². The molecule has 1 aliphatic rings. The molecule has 0 N–H and O–H groups in total. The van der Waals surface area contributed by atoms with Crippen LogP contribution in [-0.4, -0.2) is 50.3 Å². The second-order valence-electron chi connectivity index (χ2n) is 4.98. The van der Waals surface area contributed by atoms with Crippen molar-refractivity contribution < 1.29 is 12.8 Å². The molecule has 1 heterocycles. The fourth-order valence-corrected chi connectivity index (χ4v) is 4.09. The molecule has 20 heavy (non-hydrogen) atoms. The standard InChI is InChI=1S/C13H18BrFN2O2S/c1-3-10-9-17(7-6-16(10)2)20(18,19)11-4-5-12(14)13(15)8-11/h4-5,8,10H,3,6-7,9H2,1-2H3. The second kappa shape index (κ2) is 6.09. The van der Waals surface area contributed by atoms with E-state index in [-0.39, 0.29) is 15.4 Å². The number of nitrogens with zero attached hydrogens (tertiary/aromatic N) is 2. The van der Waals surface area contributed by atoms with Crippen molar-refractivity contribution in [3.8, 4) is 0 Å². The van der Waals surface area contributed by atoms with Crippen LogP contribution in [0.4, 0.5) is 4.39 Å². The number of benzene rings is 1. The fraction of sp³-hybridized carbons (Fsp3) is 0.538. The molecule has 1 aliphatic heterocycles. The SMILES string of the molecule is CCC1CN(S(=O)(=O)c2ccc(Br)c(F)c2)CCN1C. The van der Waals surface area contributed by atoms with Crippen LogP contribution in [0.2, 0.25) is 0 Å². The molecule has 7 heteroatoms. The average Bonchev–Trinajstić information content (AvgIpc) is 2.42. The maximum Gasteiger partial charge on any atom is 0.243 e. The highest BCUT2D eigenvalue weighted by molar-refractivity contribution is 9.10. The maximum absolute atomic E-state index is 13.5. The van der Waals surface area contributed by atoms with Crippen LogP contribution in [-0.2, 0) is 10.0 Å². The van der Waals surface area contributed by atoms with Crippen LogP contribution in [0.5, 0.6) is 0 Å². The van der Waals surface area contributed by atoms with Gasteiger partial charge in [-0.15, -0.1) is 0 Å². The maximum atomic E-state index is 13.5. The van der Waals surface area contributed by atoms with Crippen LogP contribution in [0.15, 0.2) is 27.6 Å². The smallest absolute Gasteiger partial charge is 0.243 e. The number of piperazine rings is 1. The lowest BCUT2D eigenvalue weighted by atomic mass is 10.1. The Morgan fingerprint density at radius 1 is 1.40 bits per heavy atom. The quantitative estimate of drug-likeness (QED) is 0.826. The van der Waals surface area contributed by atoms with Gasteiger partial charge in [0.05, 0.1) is 9.37 Å². The van der Waals surface area contributed by atoms with E-state index in [1.54, 1.807) is 0 Å².